The molecular formula is C20H22F3N3O2S. The Hall–Kier alpha value is -1.94. The second-order valence-electron chi connectivity index (χ2n) is 7.50. The summed E-state index contributed by atoms with van der Waals surface area (Å²) in [6.07, 6.45) is -3.84. The van der Waals surface area contributed by atoms with Crippen LogP contribution >= 0.6 is 0 Å². The van der Waals surface area contributed by atoms with E-state index < -0.39 is 27.9 Å². The highest BCUT2D eigenvalue weighted by Crippen LogP contribution is 2.51. The number of nitrogens with one attached hydrogen (secondary N) is 1. The first-order chi connectivity index (χ1) is 13.7. The molecule has 1 N–H and O–H groups in total. The van der Waals surface area contributed by atoms with Crippen LogP contribution in [0.4, 0.5) is 13.2 Å². The molecule has 0 spiro atoms. The zero-order valence-electron chi connectivity index (χ0n) is 15.9. The van der Waals surface area contributed by atoms with Crippen LogP contribution in [0.5, 0.6) is 0 Å². The predicted octanol–water partition coefficient (Wildman–Crippen LogP) is 3.38. The number of piperidine rings is 1. The van der Waals surface area contributed by atoms with E-state index in [2.05, 4.69) is 5.43 Å². The number of alkyl halides is 3. The molecule has 2 saturated heterocycles. The maximum absolute atomic E-state index is 13.9. The van der Waals surface area contributed by atoms with Crippen molar-refractivity contribution < 1.29 is 21.6 Å². The number of hydrogen-bond donors (Lipinski definition) is 1. The third-order valence-corrected chi connectivity index (χ3v) is 7.56. The molecule has 2 atom stereocenters. The third-order valence-electron chi connectivity index (χ3n) is 5.64. The van der Waals surface area contributed by atoms with Gasteiger partial charge < -0.3 is 0 Å². The van der Waals surface area contributed by atoms with E-state index in [1.807, 2.05) is 6.92 Å². The lowest BCUT2D eigenvalue weighted by Gasteiger charge is -2.32. The molecule has 156 valence electrons. The zero-order chi connectivity index (χ0) is 20.9. The lowest BCUT2D eigenvalue weighted by Crippen LogP contribution is -2.45. The van der Waals surface area contributed by atoms with Crippen molar-refractivity contribution in [1.29, 1.82) is 0 Å². The summed E-state index contributed by atoms with van der Waals surface area (Å²) < 4.78 is 68.7. The van der Waals surface area contributed by atoms with Gasteiger partial charge in [0.25, 0.3) is 0 Å². The number of benzene rings is 2. The van der Waals surface area contributed by atoms with Gasteiger partial charge in [-0.25, -0.2) is 18.9 Å². The van der Waals surface area contributed by atoms with Crippen LogP contribution < -0.4 is 5.43 Å². The largest absolute Gasteiger partial charge is 0.426 e. The number of rotatable bonds is 4. The molecular weight excluding hydrogens is 403 g/mol. The van der Waals surface area contributed by atoms with Crippen LogP contribution in [0.3, 0.4) is 0 Å². The van der Waals surface area contributed by atoms with Crippen molar-refractivity contribution in [3.63, 3.8) is 0 Å². The van der Waals surface area contributed by atoms with E-state index >= 15 is 0 Å². The van der Waals surface area contributed by atoms with Gasteiger partial charge in [-0.15, -0.1) is 0 Å². The van der Waals surface area contributed by atoms with Crippen LogP contribution in [0.2, 0.25) is 0 Å². The maximum atomic E-state index is 13.9. The minimum atomic E-state index is -4.49. The van der Waals surface area contributed by atoms with Gasteiger partial charge in [0, 0.05) is 19.1 Å². The van der Waals surface area contributed by atoms with Gasteiger partial charge >= 0.3 is 6.18 Å². The summed E-state index contributed by atoms with van der Waals surface area (Å²) in [6.45, 7) is 2.24. The molecule has 4 rings (SSSR count). The molecule has 2 fully saturated rings. The second kappa shape index (κ2) is 7.09. The summed E-state index contributed by atoms with van der Waals surface area (Å²) in [7, 11) is -3.64. The van der Waals surface area contributed by atoms with E-state index in [9.17, 15) is 21.6 Å². The number of sulfonamides is 1. The van der Waals surface area contributed by atoms with Crippen LogP contribution in [-0.4, -0.2) is 43.0 Å². The minimum absolute atomic E-state index is 0.141. The van der Waals surface area contributed by atoms with Crippen molar-refractivity contribution in [3.8, 4) is 0 Å². The molecule has 0 bridgehead atoms. The first kappa shape index (κ1) is 20.3. The Kier molecular flexibility index (Phi) is 4.97. The zero-order valence-corrected chi connectivity index (χ0v) is 16.7. The fraction of sp³-hybridized carbons (Fsp3) is 0.400. The van der Waals surface area contributed by atoms with E-state index in [-0.39, 0.29) is 23.5 Å². The van der Waals surface area contributed by atoms with Crippen molar-refractivity contribution in [2.45, 2.75) is 42.5 Å². The van der Waals surface area contributed by atoms with Gasteiger partial charge in [-0.2, -0.15) is 17.5 Å². The van der Waals surface area contributed by atoms with Gasteiger partial charge in [-0.1, -0.05) is 48.0 Å². The number of nitrogens with zero attached hydrogens (tertiary/aromatic N) is 2. The van der Waals surface area contributed by atoms with Crippen molar-refractivity contribution in [1.82, 2.24) is 14.7 Å². The summed E-state index contributed by atoms with van der Waals surface area (Å²) in [5, 5.41) is 1.23. The lowest BCUT2D eigenvalue weighted by atomic mass is 10.00. The lowest BCUT2D eigenvalue weighted by molar-refractivity contribution is -0.178. The quantitative estimate of drug-likeness (QED) is 0.763. The number of hydrogen-bond acceptors (Lipinski definition) is 4. The highest BCUT2D eigenvalue weighted by molar-refractivity contribution is 7.89. The van der Waals surface area contributed by atoms with E-state index in [0.29, 0.717) is 12.8 Å². The fourth-order valence-electron chi connectivity index (χ4n) is 3.96. The molecule has 0 aromatic heterocycles. The van der Waals surface area contributed by atoms with E-state index in [0.717, 1.165) is 5.56 Å². The van der Waals surface area contributed by atoms with Gasteiger partial charge in [-0.3, -0.25) is 0 Å². The third kappa shape index (κ3) is 3.46. The Morgan fingerprint density at radius 2 is 1.59 bits per heavy atom. The van der Waals surface area contributed by atoms with Crippen LogP contribution in [0, 0.1) is 6.92 Å². The molecule has 2 heterocycles. The number of hydrazine groups is 1. The average molecular weight is 425 g/mol. The van der Waals surface area contributed by atoms with E-state index in [4.69, 9.17) is 0 Å². The fourth-order valence-corrected chi connectivity index (χ4v) is 5.43. The Labute approximate surface area is 168 Å². The summed E-state index contributed by atoms with van der Waals surface area (Å²) in [5.74, 6) is 0. The van der Waals surface area contributed by atoms with Crippen molar-refractivity contribution in [3.05, 3.63) is 65.7 Å². The van der Waals surface area contributed by atoms with E-state index in [1.54, 1.807) is 42.5 Å². The smallest absolute Gasteiger partial charge is 0.219 e. The predicted molar refractivity (Wildman–Crippen MR) is 102 cm³/mol. The van der Waals surface area contributed by atoms with Gasteiger partial charge in [0.05, 0.1) is 4.90 Å². The van der Waals surface area contributed by atoms with Crippen LogP contribution in [-0.2, 0) is 15.7 Å². The Morgan fingerprint density at radius 1 is 1.00 bits per heavy atom. The molecule has 0 amide bonds. The molecule has 5 nitrogen and oxygen atoms in total. The van der Waals surface area contributed by atoms with Gasteiger partial charge in [0.1, 0.15) is 0 Å². The summed E-state index contributed by atoms with van der Waals surface area (Å²) in [6, 6.07) is 13.9. The monoisotopic (exact) mass is 425 g/mol. The average Bonchev–Trinajstić information content (AvgIpc) is 3.46. The van der Waals surface area contributed by atoms with Crippen molar-refractivity contribution >= 4 is 10.0 Å². The molecule has 2 aromatic rings. The Morgan fingerprint density at radius 3 is 2.14 bits per heavy atom. The summed E-state index contributed by atoms with van der Waals surface area (Å²) >= 11 is 0. The van der Waals surface area contributed by atoms with Crippen molar-refractivity contribution in [2.24, 2.45) is 0 Å². The van der Waals surface area contributed by atoms with Crippen molar-refractivity contribution in [2.75, 3.05) is 13.1 Å². The first-order valence-corrected chi connectivity index (χ1v) is 10.9. The normalized spacial score (nSPS) is 26.4. The standard InChI is InChI=1S/C20H22F3N3O2S/c1-15-7-9-18(10-8-15)29(27,28)25-13-11-17(12-14-25)26-19(24-26,20(21,22)23)16-5-3-2-4-6-16/h2-10,17,24H,11-14H2,1H3. The molecule has 0 saturated carbocycles. The minimum Gasteiger partial charge on any atom is -0.219 e. The van der Waals surface area contributed by atoms with Gasteiger partial charge in [0.15, 0.2) is 0 Å². The Bertz CT molecular complexity index is 972. The summed E-state index contributed by atoms with van der Waals surface area (Å²) in [4.78, 5) is 0.209. The molecule has 29 heavy (non-hydrogen) atoms. The van der Waals surface area contributed by atoms with Crippen LogP contribution in [0.15, 0.2) is 59.5 Å². The molecule has 2 unspecified atom stereocenters. The van der Waals surface area contributed by atoms with Gasteiger partial charge in [-0.05, 0) is 37.5 Å². The molecule has 0 aliphatic carbocycles. The molecule has 0 radical (unpaired) electrons. The maximum Gasteiger partial charge on any atom is 0.426 e. The molecule has 9 heteroatoms. The van der Waals surface area contributed by atoms with Gasteiger partial charge in [0.2, 0.25) is 15.7 Å². The topological polar surface area (TPSA) is 62.3 Å². The van der Waals surface area contributed by atoms with E-state index in [1.165, 1.54) is 21.4 Å². The summed E-state index contributed by atoms with van der Waals surface area (Å²) in [5.41, 5.74) is 1.44. The number of halogens is 3. The second-order valence-corrected chi connectivity index (χ2v) is 9.44. The first-order valence-electron chi connectivity index (χ1n) is 9.42. The van der Waals surface area contributed by atoms with Crippen LogP contribution in [0.1, 0.15) is 24.0 Å². The van der Waals surface area contributed by atoms with Crippen LogP contribution in [0.25, 0.3) is 0 Å². The molecule has 2 aromatic carbocycles. The highest BCUT2D eigenvalue weighted by atomic mass is 32.2. The molecule has 2 aliphatic rings. The highest BCUT2D eigenvalue weighted by Gasteiger charge is 2.72. The SMILES string of the molecule is Cc1ccc(S(=O)(=O)N2CCC(N3NC3(c3ccccc3)C(F)(F)F)CC2)cc1. The molecule has 2 aliphatic heterocycles. The number of aryl methyl sites for hydroxylation is 1. The Balaban J connectivity index is 1.48.